The molecule has 2 aliphatic heterocycles. The van der Waals surface area contributed by atoms with Crippen LogP contribution in [0.5, 0.6) is 0 Å². The van der Waals surface area contributed by atoms with Crippen LogP contribution in [0.4, 0.5) is 0 Å². The molecule has 0 aromatic carbocycles. The molecule has 0 fully saturated rings. The Hall–Kier alpha value is -1.36. The molecule has 2 aliphatic rings. The van der Waals surface area contributed by atoms with Crippen molar-refractivity contribution >= 4 is 5.97 Å². The third-order valence-corrected chi connectivity index (χ3v) is 3.53. The second kappa shape index (κ2) is 3.59. The van der Waals surface area contributed by atoms with Crippen molar-refractivity contribution in [3.8, 4) is 0 Å². The quantitative estimate of drug-likeness (QED) is 0.709. The molecule has 1 aromatic rings. The van der Waals surface area contributed by atoms with Crippen LogP contribution in [0.15, 0.2) is 0 Å². The van der Waals surface area contributed by atoms with E-state index < -0.39 is 5.97 Å². The summed E-state index contributed by atoms with van der Waals surface area (Å²) in [4.78, 5) is 15.6. The first-order chi connectivity index (χ1) is 7.75. The zero-order chi connectivity index (χ0) is 11.1. The number of nitrogens with zero attached hydrogens (tertiary/aromatic N) is 2. The summed E-state index contributed by atoms with van der Waals surface area (Å²) < 4.78 is 2.14. The SMILES string of the molecule is O=C(O)C1CCc2nc3c(n2C1)CCNC3. The van der Waals surface area contributed by atoms with Gasteiger partial charge in [-0.3, -0.25) is 4.79 Å². The van der Waals surface area contributed by atoms with E-state index >= 15 is 0 Å². The number of nitrogens with one attached hydrogen (secondary N) is 1. The third kappa shape index (κ3) is 1.43. The topological polar surface area (TPSA) is 67.1 Å². The number of fused-ring (bicyclic) bond motifs is 3. The average Bonchev–Trinajstić information content (AvgIpc) is 2.66. The van der Waals surface area contributed by atoms with Gasteiger partial charge in [0.25, 0.3) is 0 Å². The van der Waals surface area contributed by atoms with Crippen molar-refractivity contribution in [3.05, 3.63) is 17.2 Å². The van der Waals surface area contributed by atoms with E-state index in [2.05, 4.69) is 14.9 Å². The smallest absolute Gasteiger partial charge is 0.308 e. The maximum absolute atomic E-state index is 11.0. The Balaban J connectivity index is 1.96. The lowest BCUT2D eigenvalue weighted by atomic mass is 9.99. The zero-order valence-electron chi connectivity index (χ0n) is 9.07. The molecule has 0 amide bonds. The monoisotopic (exact) mass is 221 g/mol. The van der Waals surface area contributed by atoms with Crippen LogP contribution in [0.1, 0.15) is 23.6 Å². The number of aryl methyl sites for hydroxylation is 1. The highest BCUT2D eigenvalue weighted by Crippen LogP contribution is 2.25. The number of hydrogen-bond acceptors (Lipinski definition) is 3. The molecule has 0 saturated carbocycles. The highest BCUT2D eigenvalue weighted by atomic mass is 16.4. The first-order valence-corrected chi connectivity index (χ1v) is 5.76. The Morgan fingerprint density at radius 2 is 2.38 bits per heavy atom. The minimum atomic E-state index is -0.679. The molecule has 3 rings (SSSR count). The molecule has 0 aliphatic carbocycles. The van der Waals surface area contributed by atoms with Crippen LogP contribution in [0.25, 0.3) is 0 Å². The lowest BCUT2D eigenvalue weighted by Gasteiger charge is -2.23. The summed E-state index contributed by atoms with van der Waals surface area (Å²) in [6.45, 7) is 2.40. The van der Waals surface area contributed by atoms with E-state index in [1.54, 1.807) is 0 Å². The number of rotatable bonds is 1. The predicted octanol–water partition coefficient (Wildman–Crippen LogP) is 0.176. The number of hydrogen-bond donors (Lipinski definition) is 2. The first kappa shape index (κ1) is 9.84. The molecule has 1 aromatic heterocycles. The zero-order valence-corrected chi connectivity index (χ0v) is 9.07. The van der Waals surface area contributed by atoms with Crippen molar-refractivity contribution in [2.75, 3.05) is 6.54 Å². The van der Waals surface area contributed by atoms with Crippen LogP contribution in [0.2, 0.25) is 0 Å². The highest BCUT2D eigenvalue weighted by Gasteiger charge is 2.29. The van der Waals surface area contributed by atoms with Gasteiger partial charge in [-0.25, -0.2) is 4.98 Å². The van der Waals surface area contributed by atoms with E-state index in [4.69, 9.17) is 5.11 Å². The van der Waals surface area contributed by atoms with E-state index in [9.17, 15) is 4.79 Å². The van der Waals surface area contributed by atoms with Crippen molar-refractivity contribution in [2.24, 2.45) is 5.92 Å². The molecule has 3 heterocycles. The number of carbonyl (C=O) groups is 1. The summed E-state index contributed by atoms with van der Waals surface area (Å²) in [6, 6.07) is 0. The van der Waals surface area contributed by atoms with Gasteiger partial charge in [0.2, 0.25) is 0 Å². The molecule has 1 unspecified atom stereocenters. The molecule has 0 bridgehead atoms. The molecular formula is C11H15N3O2. The van der Waals surface area contributed by atoms with Gasteiger partial charge in [-0.15, -0.1) is 0 Å². The van der Waals surface area contributed by atoms with Crippen molar-refractivity contribution in [1.29, 1.82) is 0 Å². The van der Waals surface area contributed by atoms with E-state index in [1.807, 2.05) is 0 Å². The van der Waals surface area contributed by atoms with E-state index in [0.29, 0.717) is 6.54 Å². The minimum absolute atomic E-state index is 0.235. The molecule has 0 saturated heterocycles. The molecule has 2 N–H and O–H groups in total. The van der Waals surface area contributed by atoms with Gasteiger partial charge in [-0.05, 0) is 6.42 Å². The number of aromatic nitrogens is 2. The summed E-state index contributed by atoms with van der Waals surface area (Å²) in [6.07, 6.45) is 2.48. The van der Waals surface area contributed by atoms with Crippen LogP contribution < -0.4 is 5.32 Å². The molecule has 16 heavy (non-hydrogen) atoms. The summed E-state index contributed by atoms with van der Waals surface area (Å²) in [5.41, 5.74) is 2.37. The maximum atomic E-state index is 11.0. The minimum Gasteiger partial charge on any atom is -0.481 e. The Labute approximate surface area is 93.5 Å². The standard InChI is InChI=1S/C11H15N3O2/c15-11(16)7-1-2-10-13-8-5-12-4-3-9(8)14(10)6-7/h7,12H,1-6H2,(H,15,16). The van der Waals surface area contributed by atoms with Gasteiger partial charge in [0.05, 0.1) is 11.6 Å². The van der Waals surface area contributed by atoms with Crippen LogP contribution >= 0.6 is 0 Å². The number of imidazole rings is 1. The van der Waals surface area contributed by atoms with Crippen molar-refractivity contribution in [3.63, 3.8) is 0 Å². The lowest BCUT2D eigenvalue weighted by Crippen LogP contribution is -2.29. The van der Waals surface area contributed by atoms with Gasteiger partial charge in [0, 0.05) is 38.2 Å². The Morgan fingerprint density at radius 3 is 3.19 bits per heavy atom. The van der Waals surface area contributed by atoms with Crippen molar-refractivity contribution in [2.45, 2.75) is 32.4 Å². The largest absolute Gasteiger partial charge is 0.481 e. The molecule has 0 spiro atoms. The fraction of sp³-hybridized carbons (Fsp3) is 0.636. The van der Waals surface area contributed by atoms with Gasteiger partial charge in [0.1, 0.15) is 5.82 Å². The second-order valence-electron chi connectivity index (χ2n) is 4.53. The summed E-state index contributed by atoms with van der Waals surface area (Å²) >= 11 is 0. The summed E-state index contributed by atoms with van der Waals surface area (Å²) in [5.74, 6) is 0.161. The van der Waals surface area contributed by atoms with Crippen molar-refractivity contribution < 1.29 is 9.90 Å². The van der Waals surface area contributed by atoms with Gasteiger partial charge in [-0.2, -0.15) is 0 Å². The van der Waals surface area contributed by atoms with Crippen LogP contribution in [-0.2, 0) is 30.7 Å². The van der Waals surface area contributed by atoms with E-state index in [-0.39, 0.29) is 5.92 Å². The summed E-state index contributed by atoms with van der Waals surface area (Å²) in [5, 5.41) is 12.4. The molecule has 5 nitrogen and oxygen atoms in total. The molecular weight excluding hydrogens is 206 g/mol. The van der Waals surface area contributed by atoms with Crippen LogP contribution in [-0.4, -0.2) is 27.2 Å². The number of carboxylic acid groups (broad SMARTS) is 1. The van der Waals surface area contributed by atoms with E-state index in [1.165, 1.54) is 5.69 Å². The predicted molar refractivity (Wildman–Crippen MR) is 57.1 cm³/mol. The van der Waals surface area contributed by atoms with Gasteiger partial charge < -0.3 is 15.0 Å². The van der Waals surface area contributed by atoms with Crippen molar-refractivity contribution in [1.82, 2.24) is 14.9 Å². The first-order valence-electron chi connectivity index (χ1n) is 5.76. The molecule has 5 heteroatoms. The summed E-state index contributed by atoms with van der Waals surface area (Å²) in [7, 11) is 0. The highest BCUT2D eigenvalue weighted by molar-refractivity contribution is 5.70. The molecule has 0 radical (unpaired) electrons. The van der Waals surface area contributed by atoms with Gasteiger partial charge >= 0.3 is 5.97 Å². The molecule has 1 atom stereocenters. The van der Waals surface area contributed by atoms with Gasteiger partial charge in [0.15, 0.2) is 0 Å². The Bertz CT molecular complexity index is 439. The fourth-order valence-electron chi connectivity index (χ4n) is 2.65. The number of aliphatic carboxylic acids is 1. The van der Waals surface area contributed by atoms with Crippen LogP contribution in [0, 0.1) is 5.92 Å². The fourth-order valence-corrected chi connectivity index (χ4v) is 2.65. The maximum Gasteiger partial charge on any atom is 0.308 e. The van der Waals surface area contributed by atoms with E-state index in [0.717, 1.165) is 43.9 Å². The van der Waals surface area contributed by atoms with Gasteiger partial charge in [-0.1, -0.05) is 0 Å². The normalized spacial score (nSPS) is 23.6. The lowest BCUT2D eigenvalue weighted by molar-refractivity contribution is -0.142. The third-order valence-electron chi connectivity index (χ3n) is 3.53. The average molecular weight is 221 g/mol. The number of carboxylic acids is 1. The molecule has 86 valence electrons. The second-order valence-corrected chi connectivity index (χ2v) is 4.53. The van der Waals surface area contributed by atoms with Crippen LogP contribution in [0.3, 0.4) is 0 Å². The Morgan fingerprint density at radius 1 is 1.50 bits per heavy atom. The Kier molecular flexibility index (Phi) is 2.21.